The Kier molecular flexibility index (Phi) is 4.07. The van der Waals surface area contributed by atoms with Crippen LogP contribution in [0.4, 0.5) is 13.2 Å². The summed E-state index contributed by atoms with van der Waals surface area (Å²) in [5.41, 5.74) is 5.17. The monoisotopic (exact) mass is 273 g/mol. The second-order valence-electron chi connectivity index (χ2n) is 3.15. The van der Waals surface area contributed by atoms with Gasteiger partial charge in [-0.2, -0.15) is 13.2 Å². The minimum absolute atomic E-state index is 0.0108. The van der Waals surface area contributed by atoms with Crippen molar-refractivity contribution in [2.75, 3.05) is 0 Å². The largest absolute Gasteiger partial charge is 0.416 e. The number of hydrogen-bond acceptors (Lipinski definition) is 2. The Morgan fingerprint density at radius 1 is 1.19 bits per heavy atom. The predicted molar refractivity (Wildman–Crippen MR) is 55.5 cm³/mol. The summed E-state index contributed by atoms with van der Waals surface area (Å²) < 4.78 is 36.7. The Labute approximate surface area is 99.8 Å². The number of nitrogens with two attached hydrogens (primary N) is 1. The summed E-state index contributed by atoms with van der Waals surface area (Å²) in [6.07, 6.45) is -7.52. The minimum atomic E-state index is -4.82. The van der Waals surface area contributed by atoms with E-state index in [0.717, 1.165) is 0 Å². The third-order valence-electron chi connectivity index (χ3n) is 2.01. The van der Waals surface area contributed by atoms with Crippen LogP contribution in [0.25, 0.3) is 0 Å². The number of aliphatic hydroxyl groups is 1. The van der Waals surface area contributed by atoms with Crippen molar-refractivity contribution in [3.8, 4) is 0 Å². The van der Waals surface area contributed by atoms with E-state index in [2.05, 4.69) is 0 Å². The van der Waals surface area contributed by atoms with E-state index in [9.17, 15) is 13.2 Å². The predicted octanol–water partition coefficient (Wildman–Crippen LogP) is 2.92. The normalized spacial score (nSPS) is 15.9. The molecule has 0 saturated carbocycles. The lowest BCUT2D eigenvalue weighted by molar-refractivity contribution is -0.210. The standard InChI is InChI=1S/C9H8Cl2F3NO/c10-4-2-1-3-5(11)6(4)7(15)8(16)9(12,13)14/h1-3,7-8,16H,15H2/t7-,8-/m1/s1. The summed E-state index contributed by atoms with van der Waals surface area (Å²) in [5.74, 6) is 0. The molecule has 0 heterocycles. The maximum Gasteiger partial charge on any atom is 0.416 e. The SMILES string of the molecule is N[C@H](c1c(Cl)cccc1Cl)[C@@H](O)C(F)(F)F. The number of alkyl halides is 3. The Hall–Kier alpha value is -0.490. The summed E-state index contributed by atoms with van der Waals surface area (Å²) >= 11 is 11.4. The molecule has 2 nitrogen and oxygen atoms in total. The summed E-state index contributed by atoms with van der Waals surface area (Å²) in [6.45, 7) is 0. The second-order valence-corrected chi connectivity index (χ2v) is 3.96. The van der Waals surface area contributed by atoms with E-state index < -0.39 is 18.3 Å². The van der Waals surface area contributed by atoms with Crippen LogP contribution < -0.4 is 5.73 Å². The maximum atomic E-state index is 12.2. The van der Waals surface area contributed by atoms with Crippen molar-refractivity contribution in [1.29, 1.82) is 0 Å². The molecule has 0 unspecified atom stereocenters. The quantitative estimate of drug-likeness (QED) is 0.871. The molecule has 2 atom stereocenters. The lowest BCUT2D eigenvalue weighted by atomic mass is 10.0. The van der Waals surface area contributed by atoms with Gasteiger partial charge < -0.3 is 10.8 Å². The highest BCUT2D eigenvalue weighted by Crippen LogP contribution is 2.35. The lowest BCUT2D eigenvalue weighted by Crippen LogP contribution is -2.39. The minimum Gasteiger partial charge on any atom is -0.382 e. The van der Waals surface area contributed by atoms with E-state index in [1.807, 2.05) is 0 Å². The molecule has 1 aromatic rings. The molecule has 0 saturated heterocycles. The second kappa shape index (κ2) is 4.79. The van der Waals surface area contributed by atoms with Crippen molar-refractivity contribution in [2.24, 2.45) is 5.73 Å². The maximum absolute atomic E-state index is 12.2. The summed E-state index contributed by atoms with van der Waals surface area (Å²) in [4.78, 5) is 0. The van der Waals surface area contributed by atoms with E-state index in [0.29, 0.717) is 0 Å². The molecule has 0 fully saturated rings. The molecule has 0 aliphatic heterocycles. The molecule has 16 heavy (non-hydrogen) atoms. The molecule has 0 aliphatic rings. The molecule has 1 aromatic carbocycles. The molecule has 0 aromatic heterocycles. The fraction of sp³-hybridized carbons (Fsp3) is 0.333. The third kappa shape index (κ3) is 2.79. The van der Waals surface area contributed by atoms with Gasteiger partial charge in [0.05, 0.1) is 6.04 Å². The Morgan fingerprint density at radius 2 is 1.62 bits per heavy atom. The van der Waals surface area contributed by atoms with Crippen molar-refractivity contribution in [1.82, 2.24) is 0 Å². The van der Waals surface area contributed by atoms with Crippen molar-refractivity contribution >= 4 is 23.2 Å². The first kappa shape index (κ1) is 13.6. The third-order valence-corrected chi connectivity index (χ3v) is 2.67. The zero-order chi connectivity index (χ0) is 12.5. The molecule has 3 N–H and O–H groups in total. The van der Waals surface area contributed by atoms with Crippen LogP contribution in [-0.4, -0.2) is 17.4 Å². The molecule has 0 aliphatic carbocycles. The van der Waals surface area contributed by atoms with Crippen LogP contribution in [-0.2, 0) is 0 Å². The molecule has 7 heteroatoms. The Morgan fingerprint density at radius 3 is 2.00 bits per heavy atom. The van der Waals surface area contributed by atoms with Gasteiger partial charge in [0.25, 0.3) is 0 Å². The first-order valence-corrected chi connectivity index (χ1v) is 4.95. The zero-order valence-electron chi connectivity index (χ0n) is 7.80. The van der Waals surface area contributed by atoms with E-state index in [4.69, 9.17) is 34.0 Å². The number of benzene rings is 1. The van der Waals surface area contributed by atoms with Crippen molar-refractivity contribution in [2.45, 2.75) is 18.3 Å². The first-order chi connectivity index (χ1) is 7.25. The van der Waals surface area contributed by atoms with Crippen molar-refractivity contribution < 1.29 is 18.3 Å². The zero-order valence-corrected chi connectivity index (χ0v) is 9.31. The van der Waals surface area contributed by atoms with Crippen LogP contribution >= 0.6 is 23.2 Å². The van der Waals surface area contributed by atoms with Crippen LogP contribution in [0.1, 0.15) is 11.6 Å². The lowest BCUT2D eigenvalue weighted by Gasteiger charge is -2.23. The van der Waals surface area contributed by atoms with Crippen molar-refractivity contribution in [3.63, 3.8) is 0 Å². The van der Waals surface area contributed by atoms with E-state index in [1.54, 1.807) is 0 Å². The van der Waals surface area contributed by atoms with Crippen LogP contribution in [0, 0.1) is 0 Å². The highest BCUT2D eigenvalue weighted by Gasteiger charge is 2.43. The van der Waals surface area contributed by atoms with Gasteiger partial charge >= 0.3 is 6.18 Å². The molecular formula is C9H8Cl2F3NO. The van der Waals surface area contributed by atoms with Gasteiger partial charge in [0.2, 0.25) is 0 Å². The average Bonchev–Trinajstić information content (AvgIpc) is 2.14. The fourth-order valence-corrected chi connectivity index (χ4v) is 1.84. The van der Waals surface area contributed by atoms with E-state index in [-0.39, 0.29) is 15.6 Å². The number of aliphatic hydroxyl groups excluding tert-OH is 1. The summed E-state index contributed by atoms with van der Waals surface area (Å²) in [5, 5.41) is 8.97. The summed E-state index contributed by atoms with van der Waals surface area (Å²) in [6, 6.07) is 2.47. The highest BCUT2D eigenvalue weighted by atomic mass is 35.5. The fourth-order valence-electron chi connectivity index (χ4n) is 1.19. The summed E-state index contributed by atoms with van der Waals surface area (Å²) in [7, 11) is 0. The van der Waals surface area contributed by atoms with Crippen LogP contribution in [0.15, 0.2) is 18.2 Å². The number of rotatable bonds is 2. The number of hydrogen-bond donors (Lipinski definition) is 2. The Bertz CT molecular complexity index is 363. The average molecular weight is 274 g/mol. The molecule has 0 radical (unpaired) electrons. The van der Waals surface area contributed by atoms with Crippen molar-refractivity contribution in [3.05, 3.63) is 33.8 Å². The molecule has 90 valence electrons. The van der Waals surface area contributed by atoms with E-state index in [1.165, 1.54) is 18.2 Å². The van der Waals surface area contributed by atoms with Crippen LogP contribution in [0.5, 0.6) is 0 Å². The molecule has 0 bridgehead atoms. The van der Waals surface area contributed by atoms with Crippen LogP contribution in [0.3, 0.4) is 0 Å². The van der Waals surface area contributed by atoms with Gasteiger partial charge in [-0.3, -0.25) is 0 Å². The van der Waals surface area contributed by atoms with Gasteiger partial charge in [-0.05, 0) is 12.1 Å². The molecule has 0 amide bonds. The van der Waals surface area contributed by atoms with Gasteiger partial charge in [-0.1, -0.05) is 29.3 Å². The van der Waals surface area contributed by atoms with Gasteiger partial charge in [0.15, 0.2) is 6.10 Å². The molecular weight excluding hydrogens is 266 g/mol. The smallest absolute Gasteiger partial charge is 0.382 e. The van der Waals surface area contributed by atoms with Crippen LogP contribution in [0.2, 0.25) is 10.0 Å². The Balaban J connectivity index is 3.10. The topological polar surface area (TPSA) is 46.2 Å². The highest BCUT2D eigenvalue weighted by molar-refractivity contribution is 6.36. The molecule has 1 rings (SSSR count). The van der Waals surface area contributed by atoms with Gasteiger partial charge in [0, 0.05) is 15.6 Å². The molecule has 0 spiro atoms. The van der Waals surface area contributed by atoms with Gasteiger partial charge in [-0.15, -0.1) is 0 Å². The number of halogens is 5. The van der Waals surface area contributed by atoms with E-state index >= 15 is 0 Å². The van der Waals surface area contributed by atoms with Gasteiger partial charge in [0.1, 0.15) is 0 Å². The van der Waals surface area contributed by atoms with Gasteiger partial charge in [-0.25, -0.2) is 0 Å². The first-order valence-electron chi connectivity index (χ1n) is 4.19.